The Morgan fingerprint density at radius 3 is 2.70 bits per heavy atom. The number of aromatic amines is 1. The molecule has 4 rings (SSSR count). The van der Waals surface area contributed by atoms with E-state index in [0.717, 1.165) is 6.20 Å². The van der Waals surface area contributed by atoms with Gasteiger partial charge >= 0.3 is 11.9 Å². The Kier molecular flexibility index (Phi) is 3.90. The van der Waals surface area contributed by atoms with Crippen molar-refractivity contribution in [3.63, 3.8) is 0 Å². The molecule has 2 aromatic heterocycles. The smallest absolute Gasteiger partial charge is 0.310 e. The molecule has 1 aromatic carbocycles. The number of aromatic nitrogens is 3. The van der Waals surface area contributed by atoms with Crippen LogP contribution in [-0.4, -0.2) is 20.7 Å². The first kappa shape index (κ1) is 17.4. The Bertz CT molecular complexity index is 1160. The molecule has 0 amide bonds. The van der Waals surface area contributed by atoms with Crippen LogP contribution in [0.15, 0.2) is 40.2 Å². The van der Waals surface area contributed by atoms with Gasteiger partial charge in [-0.1, -0.05) is 12.1 Å². The van der Waals surface area contributed by atoms with Crippen LogP contribution in [0.25, 0.3) is 16.5 Å². The molecule has 2 heterocycles. The standard InChI is InChI=1S/C18H13F4N3O2/c19-12-3-1-2-9-7-23-8-14(15(9)12)25-16(26)11-6-10(18(20,21)22)4-5-13(11)24-17(25)27/h1-3,7-8,10H,4-6H2,(H,24,27). The van der Waals surface area contributed by atoms with E-state index in [2.05, 4.69) is 9.97 Å². The normalized spacial score (nSPS) is 17.1. The SMILES string of the molecule is O=c1[nH]c2c(c(=O)n1-c1cncc3cccc(F)c13)CC(C(F)(F)F)CC2. The Balaban J connectivity index is 1.97. The van der Waals surface area contributed by atoms with Gasteiger partial charge in [0.1, 0.15) is 5.82 Å². The summed E-state index contributed by atoms with van der Waals surface area (Å²) < 4.78 is 54.3. The molecule has 1 atom stereocenters. The fourth-order valence-electron chi connectivity index (χ4n) is 3.55. The highest BCUT2D eigenvalue weighted by atomic mass is 19.4. The minimum atomic E-state index is -4.43. The maximum atomic E-state index is 14.3. The largest absolute Gasteiger partial charge is 0.392 e. The van der Waals surface area contributed by atoms with Crippen molar-refractivity contribution >= 4 is 10.8 Å². The molecule has 0 aliphatic heterocycles. The summed E-state index contributed by atoms with van der Waals surface area (Å²) >= 11 is 0. The second-order valence-corrected chi connectivity index (χ2v) is 6.51. The van der Waals surface area contributed by atoms with Crippen LogP contribution < -0.4 is 11.2 Å². The summed E-state index contributed by atoms with van der Waals surface area (Å²) in [5.74, 6) is -2.32. The van der Waals surface area contributed by atoms with Gasteiger partial charge in [0.25, 0.3) is 5.56 Å². The molecule has 1 aliphatic carbocycles. The number of hydrogen-bond donors (Lipinski definition) is 1. The van der Waals surface area contributed by atoms with Crippen molar-refractivity contribution < 1.29 is 17.6 Å². The third kappa shape index (κ3) is 2.83. The summed E-state index contributed by atoms with van der Waals surface area (Å²) in [6, 6.07) is 4.19. The van der Waals surface area contributed by atoms with Crippen molar-refractivity contribution in [2.24, 2.45) is 5.92 Å². The lowest BCUT2D eigenvalue weighted by atomic mass is 9.86. The first-order valence-electron chi connectivity index (χ1n) is 8.24. The summed E-state index contributed by atoms with van der Waals surface area (Å²) in [6.45, 7) is 0. The van der Waals surface area contributed by atoms with E-state index in [-0.39, 0.29) is 35.2 Å². The first-order chi connectivity index (χ1) is 12.8. The second kappa shape index (κ2) is 6.04. The predicted octanol–water partition coefficient (Wildman–Crippen LogP) is 2.88. The zero-order valence-electron chi connectivity index (χ0n) is 13.8. The molecule has 0 bridgehead atoms. The van der Waals surface area contributed by atoms with Crippen molar-refractivity contribution in [2.75, 3.05) is 0 Å². The Hall–Kier alpha value is -2.97. The fourth-order valence-corrected chi connectivity index (χ4v) is 3.55. The van der Waals surface area contributed by atoms with Crippen LogP contribution in [0.4, 0.5) is 17.6 Å². The molecular weight excluding hydrogens is 366 g/mol. The van der Waals surface area contributed by atoms with Gasteiger partial charge in [0.15, 0.2) is 0 Å². The van der Waals surface area contributed by atoms with Gasteiger partial charge in [0.05, 0.1) is 17.8 Å². The van der Waals surface area contributed by atoms with E-state index in [1.807, 2.05) is 0 Å². The molecule has 0 spiro atoms. The summed E-state index contributed by atoms with van der Waals surface area (Å²) in [6.07, 6.45) is -2.67. The van der Waals surface area contributed by atoms with E-state index >= 15 is 0 Å². The molecule has 0 saturated carbocycles. The van der Waals surface area contributed by atoms with Crippen molar-refractivity contribution in [3.8, 4) is 5.69 Å². The third-order valence-electron chi connectivity index (χ3n) is 4.90. The van der Waals surface area contributed by atoms with Crippen LogP contribution in [0.2, 0.25) is 0 Å². The first-order valence-corrected chi connectivity index (χ1v) is 8.24. The molecule has 9 heteroatoms. The number of halogens is 4. The van der Waals surface area contributed by atoms with Gasteiger partial charge in [-0.25, -0.2) is 13.8 Å². The molecular formula is C18H13F4N3O2. The molecule has 27 heavy (non-hydrogen) atoms. The molecule has 1 N–H and O–H groups in total. The topological polar surface area (TPSA) is 67.8 Å². The minimum Gasteiger partial charge on any atom is -0.310 e. The fraction of sp³-hybridized carbons (Fsp3) is 0.278. The van der Waals surface area contributed by atoms with Crippen LogP contribution in [0, 0.1) is 11.7 Å². The van der Waals surface area contributed by atoms with E-state index < -0.39 is 35.6 Å². The number of fused-ring (bicyclic) bond motifs is 2. The number of benzene rings is 1. The molecule has 0 saturated heterocycles. The van der Waals surface area contributed by atoms with Gasteiger partial charge in [0.2, 0.25) is 0 Å². The van der Waals surface area contributed by atoms with E-state index in [1.165, 1.54) is 18.3 Å². The lowest BCUT2D eigenvalue weighted by Crippen LogP contribution is -2.41. The average molecular weight is 379 g/mol. The number of hydrogen-bond acceptors (Lipinski definition) is 3. The highest BCUT2D eigenvalue weighted by Crippen LogP contribution is 2.35. The van der Waals surface area contributed by atoms with Crippen LogP contribution in [0.5, 0.6) is 0 Å². The summed E-state index contributed by atoms with van der Waals surface area (Å²) in [5.41, 5.74) is -1.71. The van der Waals surface area contributed by atoms with E-state index in [4.69, 9.17) is 0 Å². The molecule has 0 radical (unpaired) electrons. The number of nitrogens with one attached hydrogen (secondary N) is 1. The highest BCUT2D eigenvalue weighted by molar-refractivity contribution is 5.89. The number of rotatable bonds is 1. The lowest BCUT2D eigenvalue weighted by Gasteiger charge is -2.26. The summed E-state index contributed by atoms with van der Waals surface area (Å²) in [4.78, 5) is 31.8. The zero-order chi connectivity index (χ0) is 19.3. The van der Waals surface area contributed by atoms with Crippen LogP contribution >= 0.6 is 0 Å². The summed E-state index contributed by atoms with van der Waals surface area (Å²) in [7, 11) is 0. The van der Waals surface area contributed by atoms with Gasteiger partial charge in [-0.3, -0.25) is 9.78 Å². The third-order valence-corrected chi connectivity index (χ3v) is 4.90. The second-order valence-electron chi connectivity index (χ2n) is 6.51. The van der Waals surface area contributed by atoms with Gasteiger partial charge in [-0.15, -0.1) is 0 Å². The molecule has 1 unspecified atom stereocenters. The lowest BCUT2D eigenvalue weighted by molar-refractivity contribution is -0.177. The number of nitrogens with zero attached hydrogens (tertiary/aromatic N) is 2. The molecule has 140 valence electrons. The van der Waals surface area contributed by atoms with Gasteiger partial charge in [0, 0.05) is 28.2 Å². The van der Waals surface area contributed by atoms with Crippen molar-refractivity contribution in [3.05, 3.63) is 68.5 Å². The zero-order valence-corrected chi connectivity index (χ0v) is 13.8. The number of alkyl halides is 3. The average Bonchev–Trinajstić information content (AvgIpc) is 2.61. The molecule has 3 aromatic rings. The van der Waals surface area contributed by atoms with Gasteiger partial charge < -0.3 is 4.98 Å². The number of aryl methyl sites for hydroxylation is 1. The quantitative estimate of drug-likeness (QED) is 0.661. The van der Waals surface area contributed by atoms with Crippen LogP contribution in [0.1, 0.15) is 17.7 Å². The number of pyridine rings is 1. The van der Waals surface area contributed by atoms with E-state index in [1.54, 1.807) is 6.07 Å². The van der Waals surface area contributed by atoms with Crippen LogP contribution in [0.3, 0.4) is 0 Å². The Morgan fingerprint density at radius 1 is 1.19 bits per heavy atom. The number of H-pyrrole nitrogens is 1. The highest BCUT2D eigenvalue weighted by Gasteiger charge is 2.42. The maximum Gasteiger partial charge on any atom is 0.392 e. The summed E-state index contributed by atoms with van der Waals surface area (Å²) in [5, 5.41) is 0.368. The van der Waals surface area contributed by atoms with E-state index in [9.17, 15) is 27.2 Å². The van der Waals surface area contributed by atoms with Gasteiger partial charge in [-0.05, 0) is 25.3 Å². The van der Waals surface area contributed by atoms with Crippen molar-refractivity contribution in [1.29, 1.82) is 0 Å². The monoisotopic (exact) mass is 379 g/mol. The van der Waals surface area contributed by atoms with Crippen LogP contribution in [-0.2, 0) is 12.8 Å². The predicted molar refractivity (Wildman–Crippen MR) is 89.5 cm³/mol. The molecule has 0 fully saturated rings. The maximum absolute atomic E-state index is 14.3. The van der Waals surface area contributed by atoms with E-state index in [0.29, 0.717) is 9.95 Å². The van der Waals surface area contributed by atoms with Crippen molar-refractivity contribution in [2.45, 2.75) is 25.4 Å². The van der Waals surface area contributed by atoms with Crippen molar-refractivity contribution in [1.82, 2.24) is 14.5 Å². The Labute approximate surface area is 149 Å². The molecule has 1 aliphatic rings. The minimum absolute atomic E-state index is 0.00299. The Morgan fingerprint density at radius 2 is 1.96 bits per heavy atom. The van der Waals surface area contributed by atoms with Gasteiger partial charge in [-0.2, -0.15) is 13.2 Å². The molecule has 5 nitrogen and oxygen atoms in total.